The Morgan fingerprint density at radius 1 is 1.15 bits per heavy atom. The van der Waals surface area contributed by atoms with Gasteiger partial charge in [0.2, 0.25) is 0 Å². The first kappa shape index (κ1) is 21.2. The summed E-state index contributed by atoms with van der Waals surface area (Å²) >= 11 is 0. The zero-order chi connectivity index (χ0) is 16.6. The Labute approximate surface area is 124 Å². The quantitative estimate of drug-likeness (QED) is 0.797. The first-order valence-corrected chi connectivity index (χ1v) is 7.08. The van der Waals surface area contributed by atoms with Crippen LogP contribution in [0.5, 0.6) is 0 Å². The second kappa shape index (κ2) is 8.26. The zero-order valence-corrected chi connectivity index (χ0v) is 14.3. The molecule has 1 atom stereocenters. The number of rotatable bonds is 4. The minimum atomic E-state index is -0.586. The summed E-state index contributed by atoms with van der Waals surface area (Å²) < 4.78 is 5.19. The summed E-state index contributed by atoms with van der Waals surface area (Å²) in [7, 11) is 0. The van der Waals surface area contributed by atoms with E-state index in [0.29, 0.717) is 0 Å². The van der Waals surface area contributed by atoms with Gasteiger partial charge in [-0.15, -0.1) is 0 Å². The average molecular weight is 285 g/mol. The Kier molecular flexibility index (Phi) is 8.77. The smallest absolute Gasteiger partial charge is 0.307 e. The number of esters is 1. The highest BCUT2D eigenvalue weighted by Crippen LogP contribution is 2.27. The van der Waals surface area contributed by atoms with Crippen LogP contribution < -0.4 is 0 Å². The van der Waals surface area contributed by atoms with Crippen LogP contribution in [0.4, 0.5) is 0 Å². The van der Waals surface area contributed by atoms with Crippen LogP contribution in [0, 0.1) is 16.7 Å². The van der Waals surface area contributed by atoms with E-state index >= 15 is 0 Å². The maximum atomic E-state index is 11.5. The summed E-state index contributed by atoms with van der Waals surface area (Å²) in [5, 5.41) is 17.5. The number of carbonyl (C=O) groups excluding carboxylic acids is 1. The van der Waals surface area contributed by atoms with Gasteiger partial charge in [0.15, 0.2) is 0 Å². The van der Waals surface area contributed by atoms with E-state index in [2.05, 4.69) is 6.07 Å². The molecule has 1 unspecified atom stereocenters. The van der Waals surface area contributed by atoms with E-state index in [9.17, 15) is 4.79 Å². The van der Waals surface area contributed by atoms with Crippen LogP contribution in [0.1, 0.15) is 74.7 Å². The lowest BCUT2D eigenvalue weighted by Gasteiger charge is -2.24. The molecule has 0 aromatic rings. The predicted octanol–water partition coefficient (Wildman–Crippen LogP) is 3.83. The fourth-order valence-corrected chi connectivity index (χ4v) is 1.43. The average Bonchev–Trinajstić information content (AvgIpc) is 2.11. The third-order valence-corrected chi connectivity index (χ3v) is 2.03. The summed E-state index contributed by atoms with van der Waals surface area (Å²) in [6.45, 7) is 14.5. The van der Waals surface area contributed by atoms with Crippen LogP contribution in [0.15, 0.2) is 0 Å². The highest BCUT2D eigenvalue weighted by atomic mass is 16.6. The Morgan fingerprint density at radius 2 is 1.55 bits per heavy atom. The molecular weight excluding hydrogens is 254 g/mol. The SMILES string of the molecule is CC(C)(C)O.CCCC(C)(C#N)CC(=O)OC(C)(C)C. The number of carbonyl (C=O) groups is 1. The standard InChI is InChI=1S/C12H21NO2.C4H10O/c1-6-7-12(5,9-13)8-10(14)15-11(2,3)4;1-4(2,3)5/h6-8H2,1-5H3;5H,1-3H3. The third-order valence-electron chi connectivity index (χ3n) is 2.03. The number of hydrogen-bond acceptors (Lipinski definition) is 4. The van der Waals surface area contributed by atoms with E-state index < -0.39 is 16.6 Å². The second-order valence-corrected chi connectivity index (χ2v) is 7.36. The van der Waals surface area contributed by atoms with Crippen LogP contribution in [0.25, 0.3) is 0 Å². The van der Waals surface area contributed by atoms with E-state index in [1.165, 1.54) is 0 Å². The van der Waals surface area contributed by atoms with Crippen molar-refractivity contribution in [2.75, 3.05) is 0 Å². The molecule has 0 rings (SSSR count). The van der Waals surface area contributed by atoms with Gasteiger partial charge in [-0.25, -0.2) is 0 Å². The van der Waals surface area contributed by atoms with Gasteiger partial charge in [0.1, 0.15) is 5.60 Å². The molecule has 0 heterocycles. The van der Waals surface area contributed by atoms with Crippen molar-refractivity contribution in [2.45, 2.75) is 85.9 Å². The van der Waals surface area contributed by atoms with Gasteiger partial charge >= 0.3 is 5.97 Å². The summed E-state index contributed by atoms with van der Waals surface area (Å²) in [5.74, 6) is -0.292. The lowest BCUT2D eigenvalue weighted by Crippen LogP contribution is -2.28. The van der Waals surface area contributed by atoms with Crippen LogP contribution in [-0.4, -0.2) is 22.3 Å². The number of nitrogens with zero attached hydrogens (tertiary/aromatic N) is 1. The Morgan fingerprint density at radius 3 is 1.80 bits per heavy atom. The van der Waals surface area contributed by atoms with Crippen molar-refractivity contribution in [1.82, 2.24) is 0 Å². The van der Waals surface area contributed by atoms with Crippen LogP contribution >= 0.6 is 0 Å². The molecule has 0 amide bonds. The first-order valence-electron chi connectivity index (χ1n) is 7.08. The molecule has 4 heteroatoms. The number of aliphatic hydroxyl groups is 1. The van der Waals surface area contributed by atoms with Gasteiger partial charge < -0.3 is 9.84 Å². The van der Waals surface area contributed by atoms with Gasteiger partial charge in [0.05, 0.1) is 23.5 Å². The predicted molar refractivity (Wildman–Crippen MR) is 81.1 cm³/mol. The minimum Gasteiger partial charge on any atom is -0.460 e. The van der Waals surface area contributed by atoms with Gasteiger partial charge in [-0.05, 0) is 54.9 Å². The lowest BCUT2D eigenvalue weighted by atomic mass is 9.84. The first-order chi connectivity index (χ1) is 8.72. The molecule has 20 heavy (non-hydrogen) atoms. The summed E-state index contributed by atoms with van der Waals surface area (Å²) in [5.41, 5.74) is -1.56. The molecule has 0 aliphatic heterocycles. The second-order valence-electron chi connectivity index (χ2n) is 7.36. The zero-order valence-electron chi connectivity index (χ0n) is 14.3. The maximum absolute atomic E-state index is 11.5. The monoisotopic (exact) mass is 285 g/mol. The molecule has 0 aliphatic carbocycles. The Bertz CT molecular complexity index is 325. The highest BCUT2D eigenvalue weighted by Gasteiger charge is 2.29. The number of nitriles is 1. The van der Waals surface area contributed by atoms with Gasteiger partial charge in [-0.2, -0.15) is 5.26 Å². The molecule has 0 saturated carbocycles. The molecule has 0 radical (unpaired) electrons. The molecular formula is C16H31NO3. The lowest BCUT2D eigenvalue weighted by molar-refractivity contribution is -0.156. The van der Waals surface area contributed by atoms with Crippen LogP contribution in [0.3, 0.4) is 0 Å². The third kappa shape index (κ3) is 16.9. The summed E-state index contributed by atoms with van der Waals surface area (Å²) in [6.07, 6.45) is 1.80. The summed E-state index contributed by atoms with van der Waals surface area (Å²) in [6, 6.07) is 2.20. The fraction of sp³-hybridized carbons (Fsp3) is 0.875. The Hall–Kier alpha value is -1.08. The minimum absolute atomic E-state index is 0.175. The van der Waals surface area contributed by atoms with Crippen molar-refractivity contribution >= 4 is 5.97 Å². The van der Waals surface area contributed by atoms with Gasteiger partial charge in [-0.1, -0.05) is 13.3 Å². The van der Waals surface area contributed by atoms with Crippen molar-refractivity contribution in [1.29, 1.82) is 5.26 Å². The summed E-state index contributed by atoms with van der Waals surface area (Å²) in [4.78, 5) is 11.5. The van der Waals surface area contributed by atoms with Crippen molar-refractivity contribution in [3.05, 3.63) is 0 Å². The maximum Gasteiger partial charge on any atom is 0.307 e. The number of hydrogen-bond donors (Lipinski definition) is 1. The molecule has 118 valence electrons. The van der Waals surface area contributed by atoms with Crippen LogP contribution in [-0.2, 0) is 9.53 Å². The van der Waals surface area contributed by atoms with Gasteiger partial charge in [0, 0.05) is 0 Å². The van der Waals surface area contributed by atoms with Gasteiger partial charge in [0.25, 0.3) is 0 Å². The van der Waals surface area contributed by atoms with Crippen LogP contribution in [0.2, 0.25) is 0 Å². The van der Waals surface area contributed by atoms with Gasteiger partial charge in [-0.3, -0.25) is 4.79 Å². The molecule has 1 N–H and O–H groups in total. The molecule has 0 aromatic carbocycles. The molecule has 0 bridgehead atoms. The molecule has 4 nitrogen and oxygen atoms in total. The molecule has 0 aliphatic rings. The van der Waals surface area contributed by atoms with Crippen molar-refractivity contribution in [2.24, 2.45) is 5.41 Å². The van der Waals surface area contributed by atoms with E-state index in [1.807, 2.05) is 27.7 Å². The van der Waals surface area contributed by atoms with Crippen molar-refractivity contribution in [3.63, 3.8) is 0 Å². The molecule has 0 spiro atoms. The normalized spacial score (nSPS) is 14.4. The van der Waals surface area contributed by atoms with Crippen molar-refractivity contribution < 1.29 is 14.6 Å². The number of ether oxygens (including phenoxy) is 1. The fourth-order valence-electron chi connectivity index (χ4n) is 1.43. The molecule has 0 saturated heterocycles. The van der Waals surface area contributed by atoms with E-state index in [4.69, 9.17) is 15.1 Å². The van der Waals surface area contributed by atoms with E-state index in [1.54, 1.807) is 27.7 Å². The van der Waals surface area contributed by atoms with Crippen molar-refractivity contribution in [3.8, 4) is 6.07 Å². The van der Waals surface area contributed by atoms with E-state index in [0.717, 1.165) is 12.8 Å². The van der Waals surface area contributed by atoms with E-state index in [-0.39, 0.29) is 12.4 Å². The largest absolute Gasteiger partial charge is 0.460 e. The molecule has 0 aromatic heterocycles. The highest BCUT2D eigenvalue weighted by molar-refractivity contribution is 5.71. The Balaban J connectivity index is 0. The topological polar surface area (TPSA) is 70.3 Å². The molecule has 0 fully saturated rings.